The zero-order chi connectivity index (χ0) is 15.4. The Labute approximate surface area is 121 Å². The summed E-state index contributed by atoms with van der Waals surface area (Å²) in [5.41, 5.74) is 1.26. The molecule has 21 heavy (non-hydrogen) atoms. The Morgan fingerprint density at radius 3 is 2.38 bits per heavy atom. The van der Waals surface area contributed by atoms with E-state index in [1.807, 2.05) is 13.8 Å². The zero-order valence-corrected chi connectivity index (χ0v) is 11.8. The lowest BCUT2D eigenvalue weighted by Gasteiger charge is -2.12. The summed E-state index contributed by atoms with van der Waals surface area (Å²) in [6, 6.07) is 5.26. The van der Waals surface area contributed by atoms with Gasteiger partial charge in [0.1, 0.15) is 17.1 Å². The minimum absolute atomic E-state index is 0.00803. The Kier molecular flexibility index (Phi) is 4.47. The summed E-state index contributed by atoms with van der Waals surface area (Å²) in [5, 5.41) is 17.3. The van der Waals surface area contributed by atoms with Crippen molar-refractivity contribution in [3.05, 3.63) is 46.9 Å². The molecule has 0 spiro atoms. The first-order valence-corrected chi connectivity index (χ1v) is 6.61. The van der Waals surface area contributed by atoms with Crippen LogP contribution in [0.5, 0.6) is 11.6 Å². The Morgan fingerprint density at radius 2 is 1.86 bits per heavy atom. The van der Waals surface area contributed by atoms with Crippen LogP contribution in [0, 0.1) is 5.82 Å². The third kappa shape index (κ3) is 3.16. The molecule has 0 atom stereocenters. The summed E-state index contributed by atoms with van der Waals surface area (Å²) in [5.74, 6) is -1.29. The van der Waals surface area contributed by atoms with Crippen LogP contribution >= 0.6 is 0 Å². The SMILES string of the molecule is CCc1nnc(Oc2ccc(F)cc2)c(C(=O)O)c1CC. The van der Waals surface area contributed by atoms with E-state index in [0.29, 0.717) is 29.8 Å². The molecule has 0 aliphatic heterocycles. The van der Waals surface area contributed by atoms with Crippen LogP contribution in [0.3, 0.4) is 0 Å². The van der Waals surface area contributed by atoms with Crippen LogP contribution < -0.4 is 4.74 Å². The molecule has 5 nitrogen and oxygen atoms in total. The molecule has 1 aromatic heterocycles. The topological polar surface area (TPSA) is 72.3 Å². The summed E-state index contributed by atoms with van der Waals surface area (Å²) in [4.78, 5) is 11.5. The number of nitrogens with zero attached hydrogens (tertiary/aromatic N) is 2. The van der Waals surface area contributed by atoms with E-state index in [2.05, 4.69) is 10.2 Å². The van der Waals surface area contributed by atoms with Crippen molar-refractivity contribution in [3.8, 4) is 11.6 Å². The molecule has 0 aliphatic rings. The molecule has 1 heterocycles. The highest BCUT2D eigenvalue weighted by Crippen LogP contribution is 2.27. The predicted octanol–water partition coefficient (Wildman–Crippen LogP) is 3.23. The van der Waals surface area contributed by atoms with Gasteiger partial charge in [-0.2, -0.15) is 5.10 Å². The van der Waals surface area contributed by atoms with Gasteiger partial charge in [0, 0.05) is 0 Å². The van der Waals surface area contributed by atoms with E-state index in [1.165, 1.54) is 24.3 Å². The van der Waals surface area contributed by atoms with Gasteiger partial charge in [-0.05, 0) is 42.7 Å². The van der Waals surface area contributed by atoms with Crippen LogP contribution in [-0.4, -0.2) is 21.3 Å². The van der Waals surface area contributed by atoms with Gasteiger partial charge in [0.25, 0.3) is 5.88 Å². The fourth-order valence-electron chi connectivity index (χ4n) is 2.06. The van der Waals surface area contributed by atoms with Gasteiger partial charge < -0.3 is 9.84 Å². The number of aromatic nitrogens is 2. The molecule has 0 amide bonds. The van der Waals surface area contributed by atoms with E-state index in [4.69, 9.17) is 4.74 Å². The molecule has 2 rings (SSSR count). The van der Waals surface area contributed by atoms with Crippen molar-refractivity contribution < 1.29 is 19.0 Å². The molecule has 2 aromatic rings. The first kappa shape index (κ1) is 14.9. The van der Waals surface area contributed by atoms with Gasteiger partial charge in [-0.25, -0.2) is 9.18 Å². The van der Waals surface area contributed by atoms with Crippen molar-refractivity contribution in [2.75, 3.05) is 0 Å². The number of carboxylic acids is 1. The van der Waals surface area contributed by atoms with E-state index < -0.39 is 11.8 Å². The molecular weight excluding hydrogens is 275 g/mol. The zero-order valence-electron chi connectivity index (χ0n) is 11.8. The van der Waals surface area contributed by atoms with Gasteiger partial charge in [-0.15, -0.1) is 5.10 Å². The van der Waals surface area contributed by atoms with Crippen molar-refractivity contribution in [2.45, 2.75) is 26.7 Å². The summed E-state index contributed by atoms with van der Waals surface area (Å²) in [6.45, 7) is 3.74. The molecule has 6 heteroatoms. The minimum Gasteiger partial charge on any atom is -0.477 e. The van der Waals surface area contributed by atoms with Crippen LogP contribution in [0.15, 0.2) is 24.3 Å². The van der Waals surface area contributed by atoms with Crippen LogP contribution in [0.1, 0.15) is 35.5 Å². The number of halogens is 1. The standard InChI is InChI=1S/C15H15FN2O3/c1-3-11-12(4-2)17-18-14(13(11)15(19)20)21-10-7-5-9(16)6-8-10/h5-8H,3-4H2,1-2H3,(H,19,20). The Balaban J connectivity index is 2.48. The molecule has 110 valence electrons. The summed E-state index contributed by atoms with van der Waals surface area (Å²) in [7, 11) is 0. The molecule has 1 N–H and O–H groups in total. The number of rotatable bonds is 5. The monoisotopic (exact) mass is 290 g/mol. The van der Waals surface area contributed by atoms with Gasteiger partial charge in [-0.3, -0.25) is 0 Å². The van der Waals surface area contributed by atoms with Crippen LogP contribution in [0.25, 0.3) is 0 Å². The molecule has 0 unspecified atom stereocenters. The Bertz CT molecular complexity index is 657. The van der Waals surface area contributed by atoms with Gasteiger partial charge in [0.05, 0.1) is 5.69 Å². The smallest absolute Gasteiger partial charge is 0.341 e. The first-order chi connectivity index (χ1) is 10.1. The summed E-state index contributed by atoms with van der Waals surface area (Å²) >= 11 is 0. The largest absolute Gasteiger partial charge is 0.477 e. The lowest BCUT2D eigenvalue weighted by Crippen LogP contribution is -2.11. The third-order valence-corrected chi connectivity index (χ3v) is 3.06. The quantitative estimate of drug-likeness (QED) is 0.915. The number of ether oxygens (including phenoxy) is 1. The fourth-order valence-corrected chi connectivity index (χ4v) is 2.06. The third-order valence-electron chi connectivity index (χ3n) is 3.06. The highest BCUT2D eigenvalue weighted by atomic mass is 19.1. The lowest BCUT2D eigenvalue weighted by molar-refractivity contribution is 0.0691. The second-order valence-corrected chi connectivity index (χ2v) is 4.37. The van der Waals surface area contributed by atoms with Crippen molar-refractivity contribution >= 4 is 5.97 Å². The van der Waals surface area contributed by atoms with E-state index in [-0.39, 0.29) is 11.4 Å². The molecule has 0 saturated heterocycles. The number of hydrogen-bond acceptors (Lipinski definition) is 4. The predicted molar refractivity (Wildman–Crippen MR) is 74.2 cm³/mol. The summed E-state index contributed by atoms with van der Waals surface area (Å²) < 4.78 is 18.3. The van der Waals surface area contributed by atoms with Crippen molar-refractivity contribution in [3.63, 3.8) is 0 Å². The molecule has 1 aromatic carbocycles. The maximum Gasteiger partial charge on any atom is 0.341 e. The molecular formula is C15H15FN2O3. The normalized spacial score (nSPS) is 10.4. The Hall–Kier alpha value is -2.50. The fraction of sp³-hybridized carbons (Fsp3) is 0.267. The van der Waals surface area contributed by atoms with Crippen LogP contribution in [0.4, 0.5) is 4.39 Å². The lowest BCUT2D eigenvalue weighted by atomic mass is 10.0. The van der Waals surface area contributed by atoms with E-state index >= 15 is 0 Å². The van der Waals surface area contributed by atoms with Gasteiger partial charge in [-0.1, -0.05) is 13.8 Å². The number of hydrogen-bond donors (Lipinski definition) is 1. The molecule has 0 saturated carbocycles. The molecule has 0 aliphatic carbocycles. The maximum atomic E-state index is 12.9. The minimum atomic E-state index is -1.12. The van der Waals surface area contributed by atoms with Crippen molar-refractivity contribution in [2.24, 2.45) is 0 Å². The number of carbonyl (C=O) groups is 1. The second-order valence-electron chi connectivity index (χ2n) is 4.37. The van der Waals surface area contributed by atoms with Crippen molar-refractivity contribution in [1.82, 2.24) is 10.2 Å². The summed E-state index contributed by atoms with van der Waals surface area (Å²) in [6.07, 6.45) is 1.10. The van der Waals surface area contributed by atoms with Crippen LogP contribution in [-0.2, 0) is 12.8 Å². The molecule has 0 radical (unpaired) electrons. The average molecular weight is 290 g/mol. The van der Waals surface area contributed by atoms with E-state index in [9.17, 15) is 14.3 Å². The number of aromatic carboxylic acids is 1. The molecule has 0 fully saturated rings. The van der Waals surface area contributed by atoms with Crippen molar-refractivity contribution in [1.29, 1.82) is 0 Å². The second kappa shape index (κ2) is 6.30. The van der Waals surface area contributed by atoms with E-state index in [1.54, 1.807) is 0 Å². The highest BCUT2D eigenvalue weighted by molar-refractivity contribution is 5.92. The molecule has 0 bridgehead atoms. The average Bonchev–Trinajstić information content (AvgIpc) is 2.48. The van der Waals surface area contributed by atoms with Gasteiger partial charge in [0.15, 0.2) is 0 Å². The number of carboxylic acid groups (broad SMARTS) is 1. The number of benzene rings is 1. The number of aryl methyl sites for hydroxylation is 1. The Morgan fingerprint density at radius 1 is 1.19 bits per heavy atom. The first-order valence-electron chi connectivity index (χ1n) is 6.61. The highest BCUT2D eigenvalue weighted by Gasteiger charge is 2.22. The van der Waals surface area contributed by atoms with Crippen LogP contribution in [0.2, 0.25) is 0 Å². The maximum absolute atomic E-state index is 12.9. The van der Waals surface area contributed by atoms with Gasteiger partial charge >= 0.3 is 5.97 Å². The van der Waals surface area contributed by atoms with Gasteiger partial charge in [0.2, 0.25) is 0 Å². The van der Waals surface area contributed by atoms with E-state index in [0.717, 1.165) is 0 Å².